The number of nitrogens with zero attached hydrogens (tertiary/aromatic N) is 1. The fourth-order valence-electron chi connectivity index (χ4n) is 5.81. The van der Waals surface area contributed by atoms with Gasteiger partial charge in [-0.15, -0.1) is 0 Å². The molecule has 42 heavy (non-hydrogen) atoms. The molecule has 206 valence electrons. The fraction of sp³-hybridized carbons (Fsp3) is 0.105. The first kappa shape index (κ1) is 27.5. The molecule has 0 bridgehead atoms. The summed E-state index contributed by atoms with van der Waals surface area (Å²) in [5, 5.41) is 4.01. The van der Waals surface area contributed by atoms with Gasteiger partial charge in [0.05, 0.1) is 5.41 Å². The van der Waals surface area contributed by atoms with Crippen LogP contribution in [0.4, 0.5) is 0 Å². The molecule has 4 heteroatoms. The van der Waals surface area contributed by atoms with Crippen LogP contribution >= 0.6 is 11.8 Å². The van der Waals surface area contributed by atoms with Gasteiger partial charge in [-0.1, -0.05) is 120 Å². The van der Waals surface area contributed by atoms with Crippen molar-refractivity contribution in [2.45, 2.75) is 36.0 Å². The fourth-order valence-corrected chi connectivity index (χ4v) is 6.67. The Morgan fingerprint density at radius 3 is 1.86 bits per heavy atom. The van der Waals surface area contributed by atoms with Gasteiger partial charge in [-0.25, -0.2) is 0 Å². The first-order chi connectivity index (χ1) is 20.4. The zero-order chi connectivity index (χ0) is 29.3. The van der Waals surface area contributed by atoms with Crippen LogP contribution in [0.15, 0.2) is 149 Å². The molecule has 0 saturated carbocycles. The number of Topliss-reactive ketones (excluding diaryl/α,β-unsaturated/α-hetero) is 1. The van der Waals surface area contributed by atoms with Gasteiger partial charge in [0.1, 0.15) is 11.5 Å². The Morgan fingerprint density at radius 1 is 0.714 bits per heavy atom. The van der Waals surface area contributed by atoms with E-state index < -0.39 is 5.41 Å². The number of ketones is 1. The highest BCUT2D eigenvalue weighted by atomic mass is 32.2. The third-order valence-corrected chi connectivity index (χ3v) is 8.71. The minimum atomic E-state index is -0.618. The molecule has 0 saturated heterocycles. The van der Waals surface area contributed by atoms with Crippen LogP contribution in [0.1, 0.15) is 52.0 Å². The van der Waals surface area contributed by atoms with Gasteiger partial charge in [0.15, 0.2) is 0 Å². The van der Waals surface area contributed by atoms with Crippen molar-refractivity contribution in [2.75, 3.05) is 0 Å². The van der Waals surface area contributed by atoms with E-state index in [0.717, 1.165) is 27.1 Å². The van der Waals surface area contributed by atoms with Gasteiger partial charge < -0.3 is 4.84 Å². The molecule has 5 aromatic rings. The zero-order valence-corrected chi connectivity index (χ0v) is 24.7. The van der Waals surface area contributed by atoms with E-state index in [-0.39, 0.29) is 11.5 Å². The largest absolute Gasteiger partial charge is 0.362 e. The average Bonchev–Trinajstić information content (AvgIpc) is 3.31. The predicted molar refractivity (Wildman–Crippen MR) is 172 cm³/mol. The standard InChI is InChI=1S/C38H31NO2S/c1-25(2)41-39-27(4)37(40)28-17-21-33-34-22-20-32(42-31-18-15-26(3)16-19-31)24-36(34)38(35(33)23-28,29-11-7-5-8-12-29)30-13-9-6-10-14-30/h5-24H,1H2,2-4H3/b39-27+. The van der Waals surface area contributed by atoms with Gasteiger partial charge in [-0.3, -0.25) is 4.79 Å². The van der Waals surface area contributed by atoms with E-state index >= 15 is 0 Å². The van der Waals surface area contributed by atoms with Crippen LogP contribution in [0.3, 0.4) is 0 Å². The van der Waals surface area contributed by atoms with E-state index in [1.165, 1.54) is 21.6 Å². The van der Waals surface area contributed by atoms with E-state index in [0.29, 0.717) is 11.3 Å². The van der Waals surface area contributed by atoms with E-state index in [9.17, 15) is 4.79 Å². The highest BCUT2D eigenvalue weighted by molar-refractivity contribution is 7.99. The quantitative estimate of drug-likeness (QED) is 0.0798. The number of hydrogen-bond donors (Lipinski definition) is 0. The van der Waals surface area contributed by atoms with Gasteiger partial charge in [0.2, 0.25) is 5.78 Å². The van der Waals surface area contributed by atoms with E-state index in [1.807, 2.05) is 24.3 Å². The highest BCUT2D eigenvalue weighted by Crippen LogP contribution is 2.57. The van der Waals surface area contributed by atoms with Crippen LogP contribution in [0.2, 0.25) is 0 Å². The van der Waals surface area contributed by atoms with Crippen LogP contribution in [-0.4, -0.2) is 11.5 Å². The molecule has 0 aliphatic heterocycles. The van der Waals surface area contributed by atoms with Gasteiger partial charge in [-0.2, -0.15) is 0 Å². The Bertz CT molecular complexity index is 1780. The van der Waals surface area contributed by atoms with Crippen LogP contribution in [0.5, 0.6) is 0 Å². The molecule has 0 N–H and O–H groups in total. The molecule has 0 unspecified atom stereocenters. The lowest BCUT2D eigenvalue weighted by atomic mass is 9.67. The zero-order valence-electron chi connectivity index (χ0n) is 23.9. The summed E-state index contributed by atoms with van der Waals surface area (Å²) in [5.41, 5.74) is 8.33. The third kappa shape index (κ3) is 4.88. The summed E-state index contributed by atoms with van der Waals surface area (Å²) < 4.78 is 0. The van der Waals surface area contributed by atoms with Crippen LogP contribution < -0.4 is 0 Å². The Morgan fingerprint density at radius 2 is 1.26 bits per heavy atom. The summed E-state index contributed by atoms with van der Waals surface area (Å²) in [7, 11) is 0. The maximum atomic E-state index is 13.6. The van der Waals surface area contributed by atoms with Crippen molar-refractivity contribution >= 4 is 23.3 Å². The van der Waals surface area contributed by atoms with Crippen molar-refractivity contribution in [1.82, 2.24) is 0 Å². The predicted octanol–water partition coefficient (Wildman–Crippen LogP) is 9.62. The maximum Gasteiger partial charge on any atom is 0.210 e. The summed E-state index contributed by atoms with van der Waals surface area (Å²) in [5.74, 6) is 0.249. The number of oxime groups is 1. The summed E-state index contributed by atoms with van der Waals surface area (Å²) in [6.07, 6.45) is 0. The number of hydrogen-bond acceptors (Lipinski definition) is 4. The second-order valence-corrected chi connectivity index (χ2v) is 11.8. The van der Waals surface area contributed by atoms with Gasteiger partial charge in [0.25, 0.3) is 0 Å². The molecule has 1 aliphatic rings. The number of benzene rings is 5. The van der Waals surface area contributed by atoms with Crippen LogP contribution in [-0.2, 0) is 10.3 Å². The van der Waals surface area contributed by atoms with Crippen molar-refractivity contribution in [3.63, 3.8) is 0 Å². The molecule has 0 atom stereocenters. The molecule has 0 fully saturated rings. The number of carbonyl (C=O) groups excluding carboxylic acids is 1. The second kappa shape index (κ2) is 11.3. The summed E-state index contributed by atoms with van der Waals surface area (Å²) in [4.78, 5) is 21.1. The minimum Gasteiger partial charge on any atom is -0.362 e. The lowest BCUT2D eigenvalue weighted by Gasteiger charge is -2.34. The Labute approximate surface area is 251 Å². The van der Waals surface area contributed by atoms with Crippen LogP contribution in [0.25, 0.3) is 11.1 Å². The van der Waals surface area contributed by atoms with Gasteiger partial charge >= 0.3 is 0 Å². The molecule has 5 aromatic carbocycles. The monoisotopic (exact) mass is 565 g/mol. The number of allylic oxidation sites excluding steroid dienone is 1. The third-order valence-electron chi connectivity index (χ3n) is 7.71. The minimum absolute atomic E-state index is 0.180. The molecule has 1 aliphatic carbocycles. The first-order valence-corrected chi connectivity index (χ1v) is 14.8. The van der Waals surface area contributed by atoms with E-state index in [4.69, 9.17) is 4.84 Å². The molecule has 0 aromatic heterocycles. The van der Waals surface area contributed by atoms with Crippen LogP contribution in [0, 0.1) is 6.92 Å². The Balaban J connectivity index is 1.59. The SMILES string of the molecule is C=C(C)O/N=C(\C)C(=O)c1ccc2c(c1)C(c1ccccc1)(c1ccccc1)c1cc(Sc3ccc(C)cc3)ccc1-2. The van der Waals surface area contributed by atoms with Crippen molar-refractivity contribution in [3.8, 4) is 11.1 Å². The molecule has 0 amide bonds. The first-order valence-electron chi connectivity index (χ1n) is 13.9. The summed E-state index contributed by atoms with van der Waals surface area (Å²) in [6, 6.07) is 42.6. The molecule has 3 nitrogen and oxygen atoms in total. The molecule has 6 rings (SSSR count). The lowest BCUT2D eigenvalue weighted by molar-refractivity contribution is 0.105. The number of rotatable bonds is 8. The molecule has 0 spiro atoms. The second-order valence-electron chi connectivity index (χ2n) is 10.7. The van der Waals surface area contributed by atoms with Crippen molar-refractivity contribution in [2.24, 2.45) is 5.16 Å². The topological polar surface area (TPSA) is 38.7 Å². The van der Waals surface area contributed by atoms with Crippen molar-refractivity contribution in [1.29, 1.82) is 0 Å². The van der Waals surface area contributed by atoms with Crippen molar-refractivity contribution in [3.05, 3.63) is 167 Å². The number of aryl methyl sites for hydroxylation is 1. The molecular formula is C38H31NO2S. The average molecular weight is 566 g/mol. The Kier molecular flexibility index (Phi) is 7.40. The smallest absolute Gasteiger partial charge is 0.210 e. The Hall–Kier alpha value is -4.67. The normalized spacial score (nSPS) is 13.3. The van der Waals surface area contributed by atoms with Crippen molar-refractivity contribution < 1.29 is 9.63 Å². The van der Waals surface area contributed by atoms with Gasteiger partial charge in [0, 0.05) is 15.4 Å². The van der Waals surface area contributed by atoms with E-state index in [1.54, 1.807) is 25.6 Å². The number of fused-ring (bicyclic) bond motifs is 3. The number of carbonyl (C=O) groups is 1. The highest BCUT2D eigenvalue weighted by Gasteiger charge is 2.46. The molecule has 0 radical (unpaired) electrons. The summed E-state index contributed by atoms with van der Waals surface area (Å²) in [6.45, 7) is 9.19. The molecular weight excluding hydrogens is 534 g/mol. The maximum absolute atomic E-state index is 13.6. The summed E-state index contributed by atoms with van der Waals surface area (Å²) >= 11 is 1.76. The van der Waals surface area contributed by atoms with Gasteiger partial charge in [-0.05, 0) is 84.5 Å². The lowest BCUT2D eigenvalue weighted by Crippen LogP contribution is -2.29. The van der Waals surface area contributed by atoms with E-state index in [2.05, 4.69) is 116 Å². The molecule has 0 heterocycles.